The van der Waals surface area contributed by atoms with Gasteiger partial charge in [0.05, 0.1) is 13.2 Å². The summed E-state index contributed by atoms with van der Waals surface area (Å²) >= 11 is 0. The van der Waals surface area contributed by atoms with E-state index in [1.54, 1.807) is 0 Å². The topological polar surface area (TPSA) is 290 Å². The predicted octanol–water partition coefficient (Wildman–Crippen LogP) is -2.71. The number of phenols is 3. The fraction of sp³-hybridized carbons (Fsp3) is 0.444. The molecule has 17 nitrogen and oxygen atoms in total. The Kier molecular flexibility index (Phi) is 8.87. The van der Waals surface area contributed by atoms with Gasteiger partial charge in [-0.3, -0.25) is 4.79 Å². The minimum Gasteiger partial charge on any atom is -0.507 e. The zero-order valence-electron chi connectivity index (χ0n) is 22.4. The lowest BCUT2D eigenvalue weighted by atomic mass is 9.97. The number of aliphatic hydroxyl groups excluding tert-OH is 7. The molecule has 0 radical (unpaired) electrons. The molecule has 0 aliphatic carbocycles. The maximum atomic E-state index is 12.8. The van der Waals surface area contributed by atoms with Crippen LogP contribution in [0, 0.1) is 0 Å². The van der Waals surface area contributed by atoms with Crippen molar-refractivity contribution in [3.8, 4) is 40.1 Å². The van der Waals surface area contributed by atoms with Crippen LogP contribution in [0.1, 0.15) is 0 Å². The van der Waals surface area contributed by atoms with Gasteiger partial charge in [-0.2, -0.15) is 0 Å². The molecular weight excluding hydrogens is 596 g/mol. The highest BCUT2D eigenvalue weighted by molar-refractivity contribution is 5.88. The first-order chi connectivity index (χ1) is 20.9. The standard InChI is InChI=1S/C27H30O17/c28-6-14-17(33)19(35)22(38)27(42-14)44-25-15(7-29)43-26(23(39)21(25)37)40-9-4-12(32)16-13(5-9)41-24(20(36)18(16)34)8-1-2-10(30)11(31)3-8/h1-5,14-15,17,19,21-23,25-33,35-39H,6-7H2/t14-,15-,17+,19+,21-,22-,23-,25+,26-,27+/m1/s1. The van der Waals surface area contributed by atoms with Crippen molar-refractivity contribution in [3.63, 3.8) is 0 Å². The third-order valence-electron chi connectivity index (χ3n) is 7.37. The summed E-state index contributed by atoms with van der Waals surface area (Å²) in [4.78, 5) is 12.8. The quantitative estimate of drug-likeness (QED) is 0.119. The summed E-state index contributed by atoms with van der Waals surface area (Å²) in [5.41, 5.74) is -1.37. The van der Waals surface area contributed by atoms with E-state index in [-0.39, 0.29) is 16.9 Å². The molecule has 11 N–H and O–H groups in total. The maximum absolute atomic E-state index is 12.8. The normalized spacial score (nSPS) is 32.5. The average molecular weight is 627 g/mol. The number of benzene rings is 2. The highest BCUT2D eigenvalue weighted by atomic mass is 16.7. The van der Waals surface area contributed by atoms with Gasteiger partial charge in [-0.15, -0.1) is 0 Å². The second kappa shape index (κ2) is 12.3. The van der Waals surface area contributed by atoms with E-state index in [0.29, 0.717) is 0 Å². The lowest BCUT2D eigenvalue weighted by Crippen LogP contribution is -2.65. The molecule has 240 valence electrons. The molecule has 0 amide bonds. The smallest absolute Gasteiger partial charge is 0.238 e. The molecule has 0 spiro atoms. The molecule has 3 aromatic rings. The van der Waals surface area contributed by atoms with Crippen molar-refractivity contribution in [1.82, 2.24) is 0 Å². The van der Waals surface area contributed by atoms with E-state index in [2.05, 4.69) is 0 Å². The van der Waals surface area contributed by atoms with E-state index >= 15 is 0 Å². The molecule has 2 aliphatic heterocycles. The van der Waals surface area contributed by atoms with Gasteiger partial charge in [-0.25, -0.2) is 0 Å². The summed E-state index contributed by atoms with van der Waals surface area (Å²) in [5, 5.41) is 111. The highest BCUT2D eigenvalue weighted by Gasteiger charge is 2.51. The van der Waals surface area contributed by atoms with Gasteiger partial charge in [0, 0.05) is 17.7 Å². The van der Waals surface area contributed by atoms with E-state index in [4.69, 9.17) is 23.4 Å². The molecule has 1 aromatic heterocycles. The zero-order chi connectivity index (χ0) is 32.0. The molecule has 44 heavy (non-hydrogen) atoms. The number of aromatic hydroxyl groups is 4. The minimum atomic E-state index is -1.91. The van der Waals surface area contributed by atoms with Gasteiger partial charge >= 0.3 is 0 Å². The summed E-state index contributed by atoms with van der Waals surface area (Å²) in [6.07, 6.45) is -17.0. The van der Waals surface area contributed by atoms with Crippen LogP contribution in [-0.2, 0) is 14.2 Å². The largest absolute Gasteiger partial charge is 0.507 e. The Morgan fingerprint density at radius 2 is 1.36 bits per heavy atom. The van der Waals surface area contributed by atoms with E-state index in [0.717, 1.165) is 24.3 Å². The number of aliphatic hydroxyl groups is 7. The molecular formula is C27H30O17. The summed E-state index contributed by atoms with van der Waals surface area (Å²) < 4.78 is 27.5. The van der Waals surface area contributed by atoms with Crippen molar-refractivity contribution >= 4 is 11.0 Å². The first-order valence-corrected chi connectivity index (χ1v) is 13.2. The molecule has 2 saturated heterocycles. The van der Waals surface area contributed by atoms with Gasteiger partial charge in [0.1, 0.15) is 71.3 Å². The first-order valence-electron chi connectivity index (χ1n) is 13.2. The molecule has 0 unspecified atom stereocenters. The third-order valence-corrected chi connectivity index (χ3v) is 7.37. The number of fused-ring (bicyclic) bond motifs is 1. The van der Waals surface area contributed by atoms with Crippen LogP contribution in [0.4, 0.5) is 0 Å². The molecule has 5 rings (SSSR count). The summed E-state index contributed by atoms with van der Waals surface area (Å²) in [5.74, 6) is -3.36. The van der Waals surface area contributed by atoms with Crippen molar-refractivity contribution in [1.29, 1.82) is 0 Å². The Labute approximate surface area is 246 Å². The Morgan fingerprint density at radius 3 is 2.02 bits per heavy atom. The Balaban J connectivity index is 1.40. The molecule has 0 bridgehead atoms. The van der Waals surface area contributed by atoms with Gasteiger partial charge in [-0.05, 0) is 18.2 Å². The maximum Gasteiger partial charge on any atom is 0.238 e. The lowest BCUT2D eigenvalue weighted by Gasteiger charge is -2.45. The molecule has 17 heteroatoms. The van der Waals surface area contributed by atoms with Crippen molar-refractivity contribution in [2.24, 2.45) is 0 Å². The summed E-state index contributed by atoms with van der Waals surface area (Å²) in [6.45, 7) is -1.58. The molecule has 10 atom stereocenters. The molecule has 2 aromatic carbocycles. The van der Waals surface area contributed by atoms with Crippen LogP contribution >= 0.6 is 0 Å². The lowest BCUT2D eigenvalue weighted by molar-refractivity contribution is -0.352. The molecule has 3 heterocycles. The monoisotopic (exact) mass is 626 g/mol. The van der Waals surface area contributed by atoms with E-state index in [1.165, 1.54) is 6.07 Å². The summed E-state index contributed by atoms with van der Waals surface area (Å²) in [7, 11) is 0. The number of rotatable bonds is 7. The minimum absolute atomic E-state index is 0.00648. The summed E-state index contributed by atoms with van der Waals surface area (Å²) in [6, 6.07) is 5.36. The highest BCUT2D eigenvalue weighted by Crippen LogP contribution is 2.39. The number of phenolic OH excluding ortho intramolecular Hbond substituents is 3. The average Bonchev–Trinajstić information content (AvgIpc) is 2.99. The third kappa shape index (κ3) is 5.61. The van der Waals surface area contributed by atoms with Crippen LogP contribution in [0.2, 0.25) is 0 Å². The van der Waals surface area contributed by atoms with Crippen molar-refractivity contribution in [2.75, 3.05) is 13.2 Å². The van der Waals surface area contributed by atoms with Crippen molar-refractivity contribution < 1.29 is 79.5 Å². The van der Waals surface area contributed by atoms with Crippen LogP contribution in [0.3, 0.4) is 0 Å². The number of ether oxygens (including phenoxy) is 4. The van der Waals surface area contributed by atoms with Gasteiger partial charge in [0.2, 0.25) is 17.5 Å². The van der Waals surface area contributed by atoms with Gasteiger partial charge in [-0.1, -0.05) is 0 Å². The van der Waals surface area contributed by atoms with Crippen LogP contribution < -0.4 is 10.2 Å². The second-order valence-corrected chi connectivity index (χ2v) is 10.3. The number of hydrogen-bond acceptors (Lipinski definition) is 17. The van der Waals surface area contributed by atoms with Crippen molar-refractivity contribution in [2.45, 2.75) is 61.4 Å². The second-order valence-electron chi connectivity index (χ2n) is 10.3. The van der Waals surface area contributed by atoms with Gasteiger partial charge in [0.15, 0.2) is 23.5 Å². The molecule has 2 aliphatic rings. The number of hydrogen-bond donors (Lipinski definition) is 11. The SMILES string of the molecule is O=c1c(O)c(-c2ccc(O)c(O)c2)oc2cc(O[C@@H]3O[C@H](CO)[C@H](O[C@@H]4O[C@H](CO)[C@H](O)[C@H](O)[C@H]4O)[C@H](O)[C@H]3O)cc(O)c12. The van der Waals surface area contributed by atoms with Gasteiger partial charge in [0.25, 0.3) is 0 Å². The Morgan fingerprint density at radius 1 is 0.705 bits per heavy atom. The Bertz CT molecular complexity index is 1550. The predicted molar refractivity (Wildman–Crippen MR) is 142 cm³/mol. The molecule has 0 saturated carbocycles. The fourth-order valence-electron chi connectivity index (χ4n) is 4.98. The van der Waals surface area contributed by atoms with Crippen LogP contribution in [0.15, 0.2) is 39.5 Å². The van der Waals surface area contributed by atoms with Crippen LogP contribution in [-0.4, -0.2) is 131 Å². The van der Waals surface area contributed by atoms with E-state index in [9.17, 15) is 61.0 Å². The van der Waals surface area contributed by atoms with Gasteiger partial charge < -0.3 is 79.5 Å². The fourth-order valence-corrected chi connectivity index (χ4v) is 4.98. The molecule has 2 fully saturated rings. The van der Waals surface area contributed by atoms with E-state index < -0.39 is 114 Å². The van der Waals surface area contributed by atoms with E-state index in [1.807, 2.05) is 0 Å². The van der Waals surface area contributed by atoms with Crippen LogP contribution in [0.25, 0.3) is 22.3 Å². The zero-order valence-corrected chi connectivity index (χ0v) is 22.4. The Hall–Kier alpha value is -3.75. The first kappa shape index (κ1) is 31.7. The van der Waals surface area contributed by atoms with Crippen molar-refractivity contribution in [3.05, 3.63) is 40.6 Å². The van der Waals surface area contributed by atoms with Crippen LogP contribution in [0.5, 0.6) is 28.7 Å².